The van der Waals surface area contributed by atoms with Crippen molar-refractivity contribution in [2.45, 2.75) is 52.0 Å². The van der Waals surface area contributed by atoms with Crippen molar-refractivity contribution in [2.75, 3.05) is 32.7 Å². The van der Waals surface area contributed by atoms with E-state index in [4.69, 9.17) is 0 Å². The van der Waals surface area contributed by atoms with Crippen LogP contribution in [0, 0.1) is 5.92 Å². The summed E-state index contributed by atoms with van der Waals surface area (Å²) in [6.45, 7) is 11.0. The number of nitrogens with zero attached hydrogens (tertiary/aromatic N) is 2. The van der Waals surface area contributed by atoms with Crippen LogP contribution in [-0.4, -0.2) is 42.5 Å². The SMILES string of the molecule is CC(C)CCN1CCCN(C2CCCc3ccccc32)CC1. The van der Waals surface area contributed by atoms with E-state index in [0.29, 0.717) is 6.04 Å². The van der Waals surface area contributed by atoms with Crippen molar-refractivity contribution in [3.05, 3.63) is 35.4 Å². The van der Waals surface area contributed by atoms with Crippen LogP contribution in [-0.2, 0) is 6.42 Å². The van der Waals surface area contributed by atoms with Gasteiger partial charge in [-0.25, -0.2) is 0 Å². The number of hydrogen-bond donors (Lipinski definition) is 0. The third-order valence-corrected chi connectivity index (χ3v) is 5.42. The Hall–Kier alpha value is -0.860. The van der Waals surface area contributed by atoms with Crippen molar-refractivity contribution < 1.29 is 0 Å². The van der Waals surface area contributed by atoms with Gasteiger partial charge in [0.15, 0.2) is 0 Å². The van der Waals surface area contributed by atoms with Crippen molar-refractivity contribution in [3.63, 3.8) is 0 Å². The maximum atomic E-state index is 2.77. The van der Waals surface area contributed by atoms with Crippen LogP contribution in [0.5, 0.6) is 0 Å². The molecule has 1 atom stereocenters. The number of benzene rings is 1. The summed E-state index contributed by atoms with van der Waals surface area (Å²) in [6.07, 6.45) is 6.66. The molecular weight excluding hydrogens is 268 g/mol. The van der Waals surface area contributed by atoms with Crippen molar-refractivity contribution in [3.8, 4) is 0 Å². The fourth-order valence-corrected chi connectivity index (χ4v) is 4.07. The fraction of sp³-hybridized carbons (Fsp3) is 0.700. The Morgan fingerprint density at radius 1 is 1.05 bits per heavy atom. The Kier molecular flexibility index (Phi) is 5.54. The number of rotatable bonds is 4. The van der Waals surface area contributed by atoms with Gasteiger partial charge in [0.2, 0.25) is 0 Å². The molecule has 2 aliphatic rings. The maximum absolute atomic E-state index is 2.77. The second-order valence-electron chi connectivity index (χ2n) is 7.52. The summed E-state index contributed by atoms with van der Waals surface area (Å²) in [7, 11) is 0. The third-order valence-electron chi connectivity index (χ3n) is 5.42. The van der Waals surface area contributed by atoms with E-state index in [2.05, 4.69) is 47.9 Å². The predicted molar refractivity (Wildman–Crippen MR) is 94.2 cm³/mol. The van der Waals surface area contributed by atoms with Gasteiger partial charge < -0.3 is 4.90 Å². The topological polar surface area (TPSA) is 6.48 Å². The minimum absolute atomic E-state index is 0.676. The Morgan fingerprint density at radius 2 is 1.91 bits per heavy atom. The summed E-state index contributed by atoms with van der Waals surface area (Å²) in [6, 6.07) is 9.82. The van der Waals surface area contributed by atoms with Crippen molar-refractivity contribution in [1.29, 1.82) is 0 Å². The lowest BCUT2D eigenvalue weighted by atomic mass is 9.87. The van der Waals surface area contributed by atoms with Crippen LogP contribution in [0.25, 0.3) is 0 Å². The van der Waals surface area contributed by atoms with Crippen molar-refractivity contribution in [2.24, 2.45) is 5.92 Å². The van der Waals surface area contributed by atoms with Crippen LogP contribution in [0.2, 0.25) is 0 Å². The second kappa shape index (κ2) is 7.61. The van der Waals surface area contributed by atoms with Crippen LogP contribution in [0.1, 0.15) is 56.7 Å². The van der Waals surface area contributed by atoms with E-state index < -0.39 is 0 Å². The highest BCUT2D eigenvalue weighted by Gasteiger charge is 2.27. The van der Waals surface area contributed by atoms with Gasteiger partial charge in [-0.05, 0) is 62.2 Å². The Morgan fingerprint density at radius 3 is 2.77 bits per heavy atom. The van der Waals surface area contributed by atoms with Gasteiger partial charge in [0.25, 0.3) is 0 Å². The van der Waals surface area contributed by atoms with Crippen molar-refractivity contribution in [1.82, 2.24) is 9.80 Å². The first-order valence-electron chi connectivity index (χ1n) is 9.28. The summed E-state index contributed by atoms with van der Waals surface area (Å²) < 4.78 is 0. The molecule has 1 saturated heterocycles. The molecule has 1 aromatic rings. The van der Waals surface area contributed by atoms with E-state index in [1.54, 1.807) is 11.1 Å². The molecule has 0 radical (unpaired) electrons. The lowest BCUT2D eigenvalue weighted by molar-refractivity contribution is 0.180. The van der Waals surface area contributed by atoms with Gasteiger partial charge in [-0.3, -0.25) is 4.90 Å². The van der Waals surface area contributed by atoms with Gasteiger partial charge in [0, 0.05) is 25.7 Å². The van der Waals surface area contributed by atoms with Gasteiger partial charge in [0.05, 0.1) is 0 Å². The Balaban J connectivity index is 1.62. The highest BCUT2D eigenvalue weighted by Crippen LogP contribution is 2.34. The maximum Gasteiger partial charge on any atom is 0.0351 e. The quantitative estimate of drug-likeness (QED) is 0.825. The lowest BCUT2D eigenvalue weighted by Gasteiger charge is -2.35. The molecule has 2 nitrogen and oxygen atoms in total. The lowest BCUT2D eigenvalue weighted by Crippen LogP contribution is -2.35. The smallest absolute Gasteiger partial charge is 0.0351 e. The van der Waals surface area contributed by atoms with E-state index in [9.17, 15) is 0 Å². The zero-order valence-corrected chi connectivity index (χ0v) is 14.4. The number of hydrogen-bond acceptors (Lipinski definition) is 2. The second-order valence-corrected chi connectivity index (χ2v) is 7.52. The first-order chi connectivity index (χ1) is 10.7. The molecule has 122 valence electrons. The summed E-state index contributed by atoms with van der Waals surface area (Å²) in [5.74, 6) is 0.824. The Bertz CT molecular complexity index is 469. The fourth-order valence-electron chi connectivity index (χ4n) is 4.07. The molecule has 1 fully saturated rings. The van der Waals surface area contributed by atoms with Crippen molar-refractivity contribution >= 4 is 0 Å². The molecule has 0 saturated carbocycles. The Labute approximate surface area is 136 Å². The highest BCUT2D eigenvalue weighted by molar-refractivity contribution is 5.32. The van der Waals surface area contributed by atoms with E-state index in [0.717, 1.165) is 5.92 Å². The minimum atomic E-state index is 0.676. The van der Waals surface area contributed by atoms with Gasteiger partial charge in [-0.2, -0.15) is 0 Å². The minimum Gasteiger partial charge on any atom is -0.302 e. The van der Waals surface area contributed by atoms with Gasteiger partial charge in [0.1, 0.15) is 0 Å². The number of fused-ring (bicyclic) bond motifs is 1. The van der Waals surface area contributed by atoms with Gasteiger partial charge in [-0.15, -0.1) is 0 Å². The third kappa shape index (κ3) is 3.91. The molecule has 0 aromatic heterocycles. The standard InChI is InChI=1S/C20H32N2/c1-17(2)11-14-21-12-6-13-22(16-15-21)20-10-5-8-18-7-3-4-9-19(18)20/h3-4,7,9,17,20H,5-6,8,10-16H2,1-2H3. The van der Waals surface area contributed by atoms with Crippen LogP contribution in [0.15, 0.2) is 24.3 Å². The monoisotopic (exact) mass is 300 g/mol. The van der Waals surface area contributed by atoms with Gasteiger partial charge in [-0.1, -0.05) is 38.1 Å². The van der Waals surface area contributed by atoms with E-state index in [1.165, 1.54) is 64.8 Å². The molecule has 22 heavy (non-hydrogen) atoms. The largest absolute Gasteiger partial charge is 0.302 e. The van der Waals surface area contributed by atoms with Crippen LogP contribution >= 0.6 is 0 Å². The first-order valence-corrected chi connectivity index (χ1v) is 9.28. The molecule has 3 rings (SSSR count). The summed E-state index contributed by atoms with van der Waals surface area (Å²) in [5, 5.41) is 0. The molecule has 1 unspecified atom stereocenters. The molecule has 0 spiro atoms. The molecule has 1 aromatic carbocycles. The highest BCUT2D eigenvalue weighted by atomic mass is 15.2. The van der Waals surface area contributed by atoms with E-state index in [1.807, 2.05) is 0 Å². The molecule has 0 N–H and O–H groups in total. The molecular formula is C20H32N2. The zero-order chi connectivity index (χ0) is 15.4. The zero-order valence-electron chi connectivity index (χ0n) is 14.4. The van der Waals surface area contributed by atoms with E-state index in [-0.39, 0.29) is 0 Å². The van der Waals surface area contributed by atoms with Crippen LogP contribution in [0.3, 0.4) is 0 Å². The average molecular weight is 300 g/mol. The summed E-state index contributed by atoms with van der Waals surface area (Å²) in [5.41, 5.74) is 3.21. The van der Waals surface area contributed by atoms with Crippen LogP contribution in [0.4, 0.5) is 0 Å². The molecule has 1 aliphatic heterocycles. The molecule has 1 heterocycles. The summed E-state index contributed by atoms with van der Waals surface area (Å²) >= 11 is 0. The molecule has 0 amide bonds. The molecule has 2 heteroatoms. The molecule has 0 bridgehead atoms. The predicted octanol–water partition coefficient (Wildman–Crippen LogP) is 4.12. The summed E-state index contributed by atoms with van der Waals surface area (Å²) in [4.78, 5) is 5.46. The average Bonchev–Trinajstić information content (AvgIpc) is 2.78. The van der Waals surface area contributed by atoms with Crippen LogP contribution < -0.4 is 0 Å². The number of aryl methyl sites for hydroxylation is 1. The van der Waals surface area contributed by atoms with Gasteiger partial charge >= 0.3 is 0 Å². The van der Waals surface area contributed by atoms with E-state index >= 15 is 0 Å². The normalized spacial score (nSPS) is 24.2. The first kappa shape index (κ1) is 16.0. The molecule has 1 aliphatic carbocycles.